The van der Waals surface area contributed by atoms with E-state index in [-0.39, 0.29) is 35.9 Å². The maximum absolute atomic E-state index is 12.4. The molecule has 0 aliphatic carbocycles. The number of H-pyrrole nitrogens is 1. The summed E-state index contributed by atoms with van der Waals surface area (Å²) in [6.45, 7) is 2.36. The summed E-state index contributed by atoms with van der Waals surface area (Å²) in [5, 5.41) is 8.50. The van der Waals surface area contributed by atoms with E-state index in [0.29, 0.717) is 28.6 Å². The average Bonchev–Trinajstić information content (AvgIpc) is 2.70. The molecule has 0 aliphatic rings. The number of hydrogen-bond donors (Lipinski definition) is 3. The van der Waals surface area contributed by atoms with E-state index in [9.17, 15) is 19.2 Å². The van der Waals surface area contributed by atoms with Gasteiger partial charge in [0.05, 0.1) is 17.3 Å². The van der Waals surface area contributed by atoms with E-state index in [4.69, 9.17) is 0 Å². The summed E-state index contributed by atoms with van der Waals surface area (Å²) in [7, 11) is 0. The fourth-order valence-corrected chi connectivity index (χ4v) is 2.84. The minimum Gasteiger partial charge on any atom is -0.352 e. The van der Waals surface area contributed by atoms with Crippen molar-refractivity contribution >= 4 is 28.3 Å². The van der Waals surface area contributed by atoms with Gasteiger partial charge in [0.1, 0.15) is 0 Å². The first-order chi connectivity index (χ1) is 13.5. The summed E-state index contributed by atoms with van der Waals surface area (Å²) in [4.78, 5) is 48.6. The van der Waals surface area contributed by atoms with E-state index in [1.54, 1.807) is 48.5 Å². The van der Waals surface area contributed by atoms with Crippen molar-refractivity contribution in [1.82, 2.24) is 15.1 Å². The highest BCUT2D eigenvalue weighted by atomic mass is 16.2. The van der Waals surface area contributed by atoms with E-state index in [2.05, 4.69) is 15.7 Å². The number of nitrogens with zero attached hydrogens (tertiary/aromatic N) is 1. The molecular formula is C20H20N4O4. The van der Waals surface area contributed by atoms with Crippen molar-refractivity contribution < 1.29 is 9.59 Å². The van der Waals surface area contributed by atoms with E-state index < -0.39 is 0 Å². The van der Waals surface area contributed by atoms with Gasteiger partial charge in [-0.3, -0.25) is 24.3 Å². The summed E-state index contributed by atoms with van der Waals surface area (Å²) in [6.07, 6.45) is -0.0143. The van der Waals surface area contributed by atoms with Crippen LogP contribution in [0.5, 0.6) is 0 Å². The van der Waals surface area contributed by atoms with Crippen LogP contribution in [0, 0.1) is 0 Å². The van der Waals surface area contributed by atoms with Gasteiger partial charge in [-0.15, -0.1) is 0 Å². The Hall–Kier alpha value is -3.68. The summed E-state index contributed by atoms with van der Waals surface area (Å²) in [5.41, 5.74) is 0.175. The number of anilines is 1. The monoisotopic (exact) mass is 380 g/mol. The minimum absolute atomic E-state index is 0.0143. The average molecular weight is 380 g/mol. The highest BCUT2D eigenvalue weighted by molar-refractivity contribution is 5.97. The van der Waals surface area contributed by atoms with Crippen LogP contribution in [0.2, 0.25) is 0 Å². The smallest absolute Gasteiger partial charge is 0.273 e. The number of rotatable bonds is 6. The third-order valence-electron chi connectivity index (χ3n) is 4.19. The molecule has 0 fully saturated rings. The lowest BCUT2D eigenvalue weighted by molar-refractivity contribution is -0.116. The normalized spacial score (nSPS) is 10.6. The Morgan fingerprint density at radius 3 is 2.54 bits per heavy atom. The van der Waals surface area contributed by atoms with Crippen molar-refractivity contribution in [2.24, 2.45) is 0 Å². The molecule has 0 radical (unpaired) electrons. The molecule has 0 saturated heterocycles. The number of fused-ring (bicyclic) bond motifs is 1. The second-order valence-electron chi connectivity index (χ2n) is 6.18. The first kappa shape index (κ1) is 19.1. The molecule has 0 aliphatic heterocycles. The molecule has 0 atom stereocenters. The molecule has 3 rings (SSSR count). The molecule has 28 heavy (non-hydrogen) atoms. The van der Waals surface area contributed by atoms with Crippen LogP contribution in [0.4, 0.5) is 5.69 Å². The topological polar surface area (TPSA) is 113 Å². The molecule has 144 valence electrons. The number of benzene rings is 2. The maximum Gasteiger partial charge on any atom is 0.273 e. The zero-order valence-corrected chi connectivity index (χ0v) is 15.3. The Kier molecular flexibility index (Phi) is 5.69. The van der Waals surface area contributed by atoms with Crippen LogP contribution < -0.4 is 21.8 Å². The fraction of sp³-hybridized carbons (Fsp3) is 0.200. The number of nitrogens with one attached hydrogen (secondary N) is 3. The molecule has 0 bridgehead atoms. The summed E-state index contributed by atoms with van der Waals surface area (Å²) in [6, 6.07) is 13.1. The van der Waals surface area contributed by atoms with E-state index in [1.807, 2.05) is 6.92 Å². The number of carbonyl (C=O) groups excluding carboxylic acids is 2. The van der Waals surface area contributed by atoms with Crippen molar-refractivity contribution in [2.75, 3.05) is 11.9 Å². The van der Waals surface area contributed by atoms with Crippen molar-refractivity contribution in [3.05, 3.63) is 74.8 Å². The first-order valence-electron chi connectivity index (χ1n) is 8.89. The Bertz CT molecular complexity index is 1150. The van der Waals surface area contributed by atoms with Gasteiger partial charge < -0.3 is 10.6 Å². The van der Waals surface area contributed by atoms with E-state index in [1.165, 1.54) is 0 Å². The number of aryl methyl sites for hydroxylation is 1. The molecule has 1 aromatic heterocycles. The molecule has 8 nitrogen and oxygen atoms in total. The largest absolute Gasteiger partial charge is 0.352 e. The Morgan fingerprint density at radius 2 is 1.79 bits per heavy atom. The zero-order valence-electron chi connectivity index (χ0n) is 15.3. The lowest BCUT2D eigenvalue weighted by Gasteiger charge is -2.09. The van der Waals surface area contributed by atoms with E-state index in [0.717, 1.165) is 4.68 Å². The molecule has 0 saturated carbocycles. The third kappa shape index (κ3) is 4.17. The molecule has 8 heteroatoms. The number of amides is 2. The first-order valence-corrected chi connectivity index (χ1v) is 8.89. The molecular weight excluding hydrogens is 360 g/mol. The highest BCUT2D eigenvalue weighted by Gasteiger charge is 2.10. The minimum atomic E-state index is -0.384. The summed E-state index contributed by atoms with van der Waals surface area (Å²) in [5.74, 6) is -0.562. The van der Waals surface area contributed by atoms with Gasteiger partial charge in [0.2, 0.25) is 5.91 Å². The predicted molar refractivity (Wildman–Crippen MR) is 107 cm³/mol. The second-order valence-corrected chi connectivity index (χ2v) is 6.18. The molecule has 3 aromatic rings. The highest BCUT2D eigenvalue weighted by Crippen LogP contribution is 2.11. The number of hydrogen-bond acceptors (Lipinski definition) is 4. The second kappa shape index (κ2) is 8.34. The van der Waals surface area contributed by atoms with Crippen LogP contribution >= 0.6 is 0 Å². The van der Waals surface area contributed by atoms with Gasteiger partial charge in [-0.2, -0.15) is 0 Å². The molecule has 1 heterocycles. The van der Waals surface area contributed by atoms with Crippen molar-refractivity contribution in [2.45, 2.75) is 19.9 Å². The summed E-state index contributed by atoms with van der Waals surface area (Å²) < 4.78 is 1.13. The molecule has 0 unspecified atom stereocenters. The molecule has 0 spiro atoms. The van der Waals surface area contributed by atoms with Gasteiger partial charge in [0, 0.05) is 24.2 Å². The zero-order chi connectivity index (χ0) is 20.1. The molecule has 2 aromatic carbocycles. The Labute approximate surface area is 160 Å². The van der Waals surface area contributed by atoms with Crippen molar-refractivity contribution in [1.29, 1.82) is 0 Å². The van der Waals surface area contributed by atoms with Gasteiger partial charge in [-0.25, -0.2) is 4.68 Å². The van der Waals surface area contributed by atoms with Gasteiger partial charge in [-0.1, -0.05) is 18.2 Å². The Balaban J connectivity index is 1.70. The standard InChI is InChI=1S/C20H20N4O4/c1-2-21-18(26)13-6-5-7-14(12-13)22-17(25)10-11-24-20(28)16-9-4-3-8-15(16)19(27)23-24/h3-9,12H,2,10-11H2,1H3,(H,21,26)(H,22,25)(H,23,27). The predicted octanol–water partition coefficient (Wildman–Crippen LogP) is 1.47. The van der Waals surface area contributed by atoms with Crippen molar-refractivity contribution in [3.8, 4) is 0 Å². The Morgan fingerprint density at radius 1 is 1.04 bits per heavy atom. The summed E-state index contributed by atoms with van der Waals surface area (Å²) >= 11 is 0. The number of carbonyl (C=O) groups is 2. The van der Waals surface area contributed by atoms with Gasteiger partial charge >= 0.3 is 0 Å². The fourth-order valence-electron chi connectivity index (χ4n) is 2.84. The maximum atomic E-state index is 12.4. The molecule has 3 N–H and O–H groups in total. The quantitative estimate of drug-likeness (QED) is 0.601. The third-order valence-corrected chi connectivity index (χ3v) is 4.19. The van der Waals surface area contributed by atoms with Crippen LogP contribution in [0.1, 0.15) is 23.7 Å². The van der Waals surface area contributed by atoms with Gasteiger partial charge in [0.15, 0.2) is 0 Å². The lowest BCUT2D eigenvalue weighted by atomic mass is 10.2. The number of aromatic nitrogens is 2. The van der Waals surface area contributed by atoms with Crippen molar-refractivity contribution in [3.63, 3.8) is 0 Å². The van der Waals surface area contributed by atoms with Crippen LogP contribution in [-0.4, -0.2) is 28.1 Å². The van der Waals surface area contributed by atoms with Crippen LogP contribution in [0.3, 0.4) is 0 Å². The van der Waals surface area contributed by atoms with Crippen LogP contribution in [0.15, 0.2) is 58.1 Å². The van der Waals surface area contributed by atoms with Gasteiger partial charge in [-0.05, 0) is 37.3 Å². The van der Waals surface area contributed by atoms with Crippen LogP contribution in [-0.2, 0) is 11.3 Å². The number of aromatic amines is 1. The van der Waals surface area contributed by atoms with Gasteiger partial charge in [0.25, 0.3) is 17.0 Å². The van der Waals surface area contributed by atoms with Crippen LogP contribution in [0.25, 0.3) is 10.8 Å². The SMILES string of the molecule is CCNC(=O)c1cccc(NC(=O)CCn2[nH]c(=O)c3ccccc3c2=O)c1. The molecule has 2 amide bonds. The van der Waals surface area contributed by atoms with E-state index >= 15 is 0 Å². The lowest BCUT2D eigenvalue weighted by Crippen LogP contribution is -2.31.